The van der Waals surface area contributed by atoms with Gasteiger partial charge in [-0.25, -0.2) is 4.68 Å². The van der Waals surface area contributed by atoms with Gasteiger partial charge in [-0.3, -0.25) is 4.79 Å². The zero-order chi connectivity index (χ0) is 14.2. The quantitative estimate of drug-likeness (QED) is 0.547. The molecule has 2 aromatic carbocycles. The number of fused-ring (bicyclic) bond motifs is 2. The second-order valence-electron chi connectivity index (χ2n) is 4.63. The molecule has 2 heterocycles. The molecule has 0 saturated heterocycles. The predicted octanol–water partition coefficient (Wildman–Crippen LogP) is 1.04. The van der Waals surface area contributed by atoms with E-state index >= 15 is 0 Å². The monoisotopic (exact) mass is 278 g/mol. The molecule has 7 nitrogen and oxygen atoms in total. The predicted molar refractivity (Wildman–Crippen MR) is 76.7 cm³/mol. The minimum Gasteiger partial charge on any atom is -0.267 e. The van der Waals surface area contributed by atoms with Crippen molar-refractivity contribution in [1.29, 1.82) is 0 Å². The summed E-state index contributed by atoms with van der Waals surface area (Å²) in [6.45, 7) is 0.178. The summed E-state index contributed by atoms with van der Waals surface area (Å²) >= 11 is 0. The molecule has 0 fully saturated rings. The van der Waals surface area contributed by atoms with E-state index in [-0.39, 0.29) is 12.2 Å². The van der Waals surface area contributed by atoms with Crippen LogP contribution in [0.15, 0.2) is 53.3 Å². The van der Waals surface area contributed by atoms with E-state index in [1.165, 1.54) is 4.68 Å². The third-order valence-corrected chi connectivity index (χ3v) is 3.32. The largest absolute Gasteiger partial charge is 0.279 e. The van der Waals surface area contributed by atoms with Crippen molar-refractivity contribution in [3.63, 3.8) is 0 Å². The zero-order valence-electron chi connectivity index (χ0n) is 10.9. The molecule has 102 valence electrons. The summed E-state index contributed by atoms with van der Waals surface area (Å²) in [6, 6.07) is 14.7. The van der Waals surface area contributed by atoms with Crippen LogP contribution in [0.5, 0.6) is 0 Å². The van der Waals surface area contributed by atoms with Crippen LogP contribution in [0.1, 0.15) is 0 Å². The van der Waals surface area contributed by atoms with E-state index in [9.17, 15) is 4.79 Å². The van der Waals surface area contributed by atoms with Crippen molar-refractivity contribution in [2.75, 3.05) is 0 Å². The standard InChI is InChI=1S/C14H10N6O/c21-14-10-5-1-2-6-11(10)15-18-20(14)9-19-13-8-4-3-7-12(13)16-17-19/h1-8H,9H2. The summed E-state index contributed by atoms with van der Waals surface area (Å²) in [7, 11) is 0. The molecule has 4 rings (SSSR count). The van der Waals surface area contributed by atoms with Crippen LogP contribution in [0.3, 0.4) is 0 Å². The Kier molecular flexibility index (Phi) is 2.50. The highest BCUT2D eigenvalue weighted by molar-refractivity contribution is 5.76. The van der Waals surface area contributed by atoms with Gasteiger partial charge < -0.3 is 0 Å². The molecule has 0 radical (unpaired) electrons. The summed E-state index contributed by atoms with van der Waals surface area (Å²) in [5.74, 6) is 0. The summed E-state index contributed by atoms with van der Waals surface area (Å²) in [6.07, 6.45) is 0. The van der Waals surface area contributed by atoms with Gasteiger partial charge in [-0.05, 0) is 24.3 Å². The Morgan fingerprint density at radius 3 is 2.38 bits per heavy atom. The van der Waals surface area contributed by atoms with E-state index in [0.717, 1.165) is 11.0 Å². The lowest BCUT2D eigenvalue weighted by atomic mass is 10.2. The summed E-state index contributed by atoms with van der Waals surface area (Å²) in [5, 5.41) is 16.7. The Morgan fingerprint density at radius 2 is 1.48 bits per heavy atom. The lowest BCUT2D eigenvalue weighted by molar-refractivity contribution is 0.465. The van der Waals surface area contributed by atoms with Crippen LogP contribution in [-0.2, 0) is 6.67 Å². The van der Waals surface area contributed by atoms with Crippen LogP contribution < -0.4 is 5.56 Å². The van der Waals surface area contributed by atoms with Gasteiger partial charge in [0.2, 0.25) is 0 Å². The van der Waals surface area contributed by atoms with Gasteiger partial charge in [0.25, 0.3) is 5.56 Å². The molecule has 0 N–H and O–H groups in total. The fraction of sp³-hybridized carbons (Fsp3) is 0.0714. The minimum absolute atomic E-state index is 0.178. The van der Waals surface area contributed by atoms with Gasteiger partial charge in [-0.15, -0.1) is 10.2 Å². The van der Waals surface area contributed by atoms with Crippen LogP contribution in [0.4, 0.5) is 0 Å². The molecule has 0 unspecified atom stereocenters. The topological polar surface area (TPSA) is 78.5 Å². The fourth-order valence-corrected chi connectivity index (χ4v) is 2.26. The number of rotatable bonds is 2. The summed E-state index contributed by atoms with van der Waals surface area (Å²) < 4.78 is 2.91. The van der Waals surface area contributed by atoms with Gasteiger partial charge >= 0.3 is 0 Å². The first kappa shape index (κ1) is 11.7. The van der Waals surface area contributed by atoms with E-state index in [0.29, 0.717) is 10.9 Å². The summed E-state index contributed by atoms with van der Waals surface area (Å²) in [4.78, 5) is 12.4. The third kappa shape index (κ3) is 1.86. The second-order valence-corrected chi connectivity index (χ2v) is 4.63. The first-order valence-corrected chi connectivity index (χ1v) is 6.44. The second kappa shape index (κ2) is 4.48. The normalized spacial score (nSPS) is 11.2. The Morgan fingerprint density at radius 1 is 0.810 bits per heavy atom. The lowest BCUT2D eigenvalue weighted by Crippen LogP contribution is -2.27. The number of nitrogens with zero attached hydrogens (tertiary/aromatic N) is 6. The van der Waals surface area contributed by atoms with Gasteiger partial charge in [0.1, 0.15) is 17.7 Å². The van der Waals surface area contributed by atoms with Crippen molar-refractivity contribution in [3.8, 4) is 0 Å². The van der Waals surface area contributed by atoms with Gasteiger partial charge in [0, 0.05) is 0 Å². The highest BCUT2D eigenvalue weighted by atomic mass is 16.1. The van der Waals surface area contributed by atoms with E-state index in [1.807, 2.05) is 30.3 Å². The molecule has 0 bridgehead atoms. The molecule has 0 spiro atoms. The molecule has 7 heteroatoms. The van der Waals surface area contributed by atoms with Gasteiger partial charge in [0.15, 0.2) is 0 Å². The number of hydrogen-bond acceptors (Lipinski definition) is 5. The maximum atomic E-state index is 12.4. The van der Waals surface area contributed by atoms with E-state index < -0.39 is 0 Å². The Labute approximate surface area is 118 Å². The molecule has 2 aromatic heterocycles. The molecule has 0 saturated carbocycles. The van der Waals surface area contributed by atoms with Crippen molar-refractivity contribution >= 4 is 21.9 Å². The van der Waals surface area contributed by atoms with Crippen LogP contribution in [0, 0.1) is 0 Å². The van der Waals surface area contributed by atoms with Gasteiger partial charge in [-0.2, -0.15) is 4.68 Å². The summed E-state index contributed by atoms with van der Waals surface area (Å²) in [5.41, 5.74) is 2.01. The molecule has 21 heavy (non-hydrogen) atoms. The Hall–Kier alpha value is -3.09. The van der Waals surface area contributed by atoms with Gasteiger partial charge in [-0.1, -0.05) is 34.7 Å². The first-order chi connectivity index (χ1) is 10.3. The van der Waals surface area contributed by atoms with Crippen LogP contribution >= 0.6 is 0 Å². The maximum absolute atomic E-state index is 12.4. The first-order valence-electron chi connectivity index (χ1n) is 6.44. The van der Waals surface area contributed by atoms with Crippen LogP contribution in [0.25, 0.3) is 21.9 Å². The van der Waals surface area contributed by atoms with E-state index in [4.69, 9.17) is 0 Å². The van der Waals surface area contributed by atoms with E-state index in [2.05, 4.69) is 20.6 Å². The van der Waals surface area contributed by atoms with Crippen molar-refractivity contribution < 1.29 is 0 Å². The number of hydrogen-bond donors (Lipinski definition) is 0. The Balaban J connectivity index is 1.84. The molecule has 0 aliphatic carbocycles. The Bertz CT molecular complexity index is 1000. The molecular weight excluding hydrogens is 268 g/mol. The average Bonchev–Trinajstić information content (AvgIpc) is 2.94. The molecule has 0 amide bonds. The minimum atomic E-state index is -0.194. The van der Waals surface area contributed by atoms with Crippen LogP contribution in [0.2, 0.25) is 0 Å². The van der Waals surface area contributed by atoms with Gasteiger partial charge in [0.05, 0.1) is 10.9 Å². The van der Waals surface area contributed by atoms with Crippen molar-refractivity contribution in [2.45, 2.75) is 6.67 Å². The van der Waals surface area contributed by atoms with E-state index in [1.54, 1.807) is 22.9 Å². The van der Waals surface area contributed by atoms with Crippen molar-refractivity contribution in [2.24, 2.45) is 0 Å². The lowest BCUT2D eigenvalue weighted by Gasteiger charge is -2.05. The van der Waals surface area contributed by atoms with Crippen molar-refractivity contribution in [3.05, 3.63) is 58.9 Å². The van der Waals surface area contributed by atoms with Crippen molar-refractivity contribution in [1.82, 2.24) is 30.0 Å². The SMILES string of the molecule is O=c1c2ccccc2nnn1Cn1nnc2ccccc21. The smallest absolute Gasteiger partial charge is 0.267 e. The molecule has 0 aliphatic heterocycles. The molecule has 0 atom stereocenters. The number of para-hydroxylation sites is 1. The number of benzene rings is 2. The average molecular weight is 278 g/mol. The molecule has 0 aliphatic rings. The number of aromatic nitrogens is 6. The highest BCUT2D eigenvalue weighted by Gasteiger charge is 2.08. The third-order valence-electron chi connectivity index (χ3n) is 3.32. The fourth-order valence-electron chi connectivity index (χ4n) is 2.26. The zero-order valence-corrected chi connectivity index (χ0v) is 10.9. The van der Waals surface area contributed by atoms with Crippen LogP contribution in [-0.4, -0.2) is 30.0 Å². The highest BCUT2D eigenvalue weighted by Crippen LogP contribution is 2.09. The molecular formula is C14H10N6O. The molecule has 4 aromatic rings. The maximum Gasteiger partial charge on any atom is 0.279 e.